The summed E-state index contributed by atoms with van der Waals surface area (Å²) < 4.78 is 13.9. The molecule has 2 bridgehead atoms. The molecule has 0 spiro atoms. The third-order valence-electron chi connectivity index (χ3n) is 5.29. The van der Waals surface area contributed by atoms with E-state index in [2.05, 4.69) is 22.6 Å². The van der Waals surface area contributed by atoms with Gasteiger partial charge in [0.05, 0.1) is 17.8 Å². The van der Waals surface area contributed by atoms with Crippen molar-refractivity contribution < 1.29 is 14.6 Å². The van der Waals surface area contributed by atoms with Crippen molar-refractivity contribution in [2.24, 2.45) is 0 Å². The lowest BCUT2D eigenvalue weighted by atomic mass is 9.97. The Bertz CT molecular complexity index is 524. The van der Waals surface area contributed by atoms with E-state index >= 15 is 0 Å². The summed E-state index contributed by atoms with van der Waals surface area (Å²) in [5.41, 5.74) is 1.69. The highest BCUT2D eigenvalue weighted by molar-refractivity contribution is 14.1. The van der Waals surface area contributed by atoms with E-state index in [9.17, 15) is 5.11 Å². The van der Waals surface area contributed by atoms with E-state index in [1.54, 1.807) is 0 Å². The molecule has 2 unspecified atom stereocenters. The number of ether oxygens (including phenoxy) is 2. The highest BCUT2D eigenvalue weighted by atomic mass is 127. The molecule has 2 saturated heterocycles. The first-order chi connectivity index (χ1) is 11.6. The van der Waals surface area contributed by atoms with Crippen LogP contribution in [0.2, 0.25) is 0 Å². The van der Waals surface area contributed by atoms with Gasteiger partial charge in [-0.05, 0) is 79.3 Å². The number of rotatable bonds is 1. The fourth-order valence-electron chi connectivity index (χ4n) is 3.88. The Morgan fingerprint density at radius 3 is 2.04 bits per heavy atom. The van der Waals surface area contributed by atoms with E-state index in [0.29, 0.717) is 5.75 Å². The predicted molar refractivity (Wildman–Crippen MR) is 104 cm³/mol. The number of benzene rings is 1. The first kappa shape index (κ1) is 18.5. The Balaban J connectivity index is 1.87. The van der Waals surface area contributed by atoms with Crippen molar-refractivity contribution >= 4 is 22.6 Å². The van der Waals surface area contributed by atoms with Crippen LogP contribution in [-0.4, -0.2) is 17.3 Å². The number of hydrogen-bond donors (Lipinski definition) is 1. The minimum absolute atomic E-state index is 0.243. The average Bonchev–Trinajstić information content (AvgIpc) is 2.50. The first-order valence-electron chi connectivity index (χ1n) is 9.43. The second-order valence-electron chi connectivity index (χ2n) is 7.28. The molecule has 1 aromatic rings. The molecule has 3 nitrogen and oxygen atoms in total. The van der Waals surface area contributed by atoms with Gasteiger partial charge < -0.3 is 14.6 Å². The zero-order valence-electron chi connectivity index (χ0n) is 14.6. The van der Waals surface area contributed by atoms with Crippen LogP contribution in [0.15, 0.2) is 12.1 Å². The van der Waals surface area contributed by atoms with Crippen LogP contribution in [0.1, 0.15) is 81.6 Å². The van der Waals surface area contributed by atoms with Gasteiger partial charge in [-0.25, -0.2) is 0 Å². The topological polar surface area (TPSA) is 38.7 Å². The molecule has 1 N–H and O–H groups in total. The smallest absolute Gasteiger partial charge is 0.188 e. The zero-order chi connectivity index (χ0) is 16.9. The van der Waals surface area contributed by atoms with Gasteiger partial charge in [-0.15, -0.1) is 0 Å². The number of phenolic OH excluding ortho intramolecular Hbond substituents is 1. The van der Waals surface area contributed by atoms with Crippen LogP contribution in [0.25, 0.3) is 0 Å². The molecule has 2 aliphatic heterocycles. The van der Waals surface area contributed by atoms with E-state index in [4.69, 9.17) is 9.47 Å². The summed E-state index contributed by atoms with van der Waals surface area (Å²) in [5.74, 6) is 0.325. The van der Waals surface area contributed by atoms with Gasteiger partial charge >= 0.3 is 0 Å². The van der Waals surface area contributed by atoms with Crippen molar-refractivity contribution in [1.82, 2.24) is 0 Å². The summed E-state index contributed by atoms with van der Waals surface area (Å²) >= 11 is 2.30. The van der Waals surface area contributed by atoms with Gasteiger partial charge in [0.2, 0.25) is 0 Å². The molecule has 1 aliphatic carbocycles. The molecule has 0 aromatic heterocycles. The maximum Gasteiger partial charge on any atom is 0.188 e. The van der Waals surface area contributed by atoms with Gasteiger partial charge in [-0.2, -0.15) is 0 Å². The molecule has 0 amide bonds. The van der Waals surface area contributed by atoms with Crippen LogP contribution in [0.5, 0.6) is 5.75 Å². The Hall–Kier alpha value is -0.330. The normalized spacial score (nSPS) is 29.5. The largest absolute Gasteiger partial charge is 0.507 e. The van der Waals surface area contributed by atoms with Crippen LogP contribution in [-0.2, 0) is 9.47 Å². The monoisotopic (exact) mass is 444 g/mol. The molecule has 4 heteroatoms. The fourth-order valence-corrected chi connectivity index (χ4v) is 4.68. The fraction of sp³-hybridized carbons (Fsp3) is 0.700. The Morgan fingerprint density at radius 1 is 0.875 bits per heavy atom. The molecule has 24 heavy (non-hydrogen) atoms. The maximum absolute atomic E-state index is 10.6. The highest BCUT2D eigenvalue weighted by Crippen LogP contribution is 2.38. The maximum atomic E-state index is 10.6. The van der Waals surface area contributed by atoms with Gasteiger partial charge in [0.15, 0.2) is 6.29 Å². The first-order valence-corrected chi connectivity index (χ1v) is 10.5. The molecule has 4 rings (SSSR count). The Morgan fingerprint density at radius 2 is 1.42 bits per heavy atom. The molecular weight excluding hydrogens is 415 g/mol. The summed E-state index contributed by atoms with van der Waals surface area (Å²) in [6.07, 6.45) is 12.1. The summed E-state index contributed by atoms with van der Waals surface area (Å²) in [6.45, 7) is 1.94. The Kier molecular flexibility index (Phi) is 6.81. The van der Waals surface area contributed by atoms with Gasteiger partial charge in [-0.1, -0.05) is 32.1 Å². The van der Waals surface area contributed by atoms with E-state index in [1.165, 1.54) is 38.5 Å². The lowest BCUT2D eigenvalue weighted by Gasteiger charge is -2.33. The molecule has 1 saturated carbocycles. The van der Waals surface area contributed by atoms with Gasteiger partial charge in [-0.3, -0.25) is 0 Å². The van der Waals surface area contributed by atoms with Crippen LogP contribution < -0.4 is 0 Å². The number of hydrogen-bond acceptors (Lipinski definition) is 3. The number of phenols is 1. The van der Waals surface area contributed by atoms with Gasteiger partial charge in [0.25, 0.3) is 0 Å². The molecule has 3 fully saturated rings. The molecular formula is C20H29IO3. The lowest BCUT2D eigenvalue weighted by Crippen LogP contribution is -2.27. The van der Waals surface area contributed by atoms with E-state index in [-0.39, 0.29) is 12.2 Å². The number of fused-ring (bicyclic) bond motifs is 10. The van der Waals surface area contributed by atoms with Crippen LogP contribution >= 0.6 is 22.6 Å². The molecule has 134 valence electrons. The van der Waals surface area contributed by atoms with Crippen LogP contribution in [0.3, 0.4) is 0 Å². The summed E-state index contributed by atoms with van der Waals surface area (Å²) in [4.78, 5) is 0. The molecule has 1 aromatic carbocycles. The third-order valence-corrected chi connectivity index (χ3v) is 5.91. The lowest BCUT2D eigenvalue weighted by molar-refractivity contribution is -0.215. The summed E-state index contributed by atoms with van der Waals surface area (Å²) in [5, 5.41) is 10.6. The number of halogens is 1. The molecule has 2 atom stereocenters. The molecule has 2 heterocycles. The highest BCUT2D eigenvalue weighted by Gasteiger charge is 2.28. The number of aryl methyl sites for hydroxylation is 1. The summed E-state index contributed by atoms with van der Waals surface area (Å²) in [6, 6.07) is 4.00. The summed E-state index contributed by atoms with van der Waals surface area (Å²) in [7, 11) is 0. The van der Waals surface area contributed by atoms with Crippen molar-refractivity contribution in [3.63, 3.8) is 0 Å². The molecule has 3 aliphatic rings. The van der Waals surface area contributed by atoms with E-state index < -0.39 is 6.29 Å². The van der Waals surface area contributed by atoms with E-state index in [0.717, 1.165) is 40.4 Å². The second-order valence-corrected chi connectivity index (χ2v) is 8.53. The average molecular weight is 444 g/mol. The van der Waals surface area contributed by atoms with E-state index in [1.807, 2.05) is 19.1 Å². The van der Waals surface area contributed by atoms with Crippen molar-refractivity contribution in [2.45, 2.75) is 89.6 Å². The molecule has 0 radical (unpaired) electrons. The Labute approximate surface area is 159 Å². The predicted octanol–water partition coefficient (Wildman–Crippen LogP) is 6.00. The SMILES string of the molecule is Cc1cc(I)cc(C2OC3CCCCCCCC(CCC3)O2)c1O. The quantitative estimate of drug-likeness (QED) is 0.540. The standard InChI is InChI=1S/C20H29IO3/c1-14-12-15(21)13-18(19(14)22)20-23-16-8-5-3-2-4-6-9-17(24-20)11-7-10-16/h12-13,16-17,20,22H,2-11H2,1H3. The van der Waals surface area contributed by atoms with Gasteiger partial charge in [0.1, 0.15) is 5.75 Å². The van der Waals surface area contributed by atoms with Gasteiger partial charge in [0, 0.05) is 3.57 Å². The third kappa shape index (κ3) is 4.85. The van der Waals surface area contributed by atoms with Crippen molar-refractivity contribution in [3.8, 4) is 5.75 Å². The number of aromatic hydroxyl groups is 1. The van der Waals surface area contributed by atoms with Crippen LogP contribution in [0, 0.1) is 10.5 Å². The van der Waals surface area contributed by atoms with Crippen LogP contribution in [0.4, 0.5) is 0 Å². The minimum Gasteiger partial charge on any atom is -0.507 e. The van der Waals surface area contributed by atoms with Crippen molar-refractivity contribution in [1.29, 1.82) is 0 Å². The minimum atomic E-state index is -0.437. The van der Waals surface area contributed by atoms with Crippen molar-refractivity contribution in [3.05, 3.63) is 26.8 Å². The zero-order valence-corrected chi connectivity index (χ0v) is 16.8. The second kappa shape index (κ2) is 8.86. The van der Waals surface area contributed by atoms with Crippen molar-refractivity contribution in [2.75, 3.05) is 0 Å².